The van der Waals surface area contributed by atoms with Crippen molar-refractivity contribution in [1.29, 1.82) is 0 Å². The molecule has 0 bridgehead atoms. The van der Waals surface area contributed by atoms with E-state index in [0.29, 0.717) is 0 Å². The van der Waals surface area contributed by atoms with E-state index in [2.05, 4.69) is 103 Å². The van der Waals surface area contributed by atoms with Crippen molar-refractivity contribution in [2.75, 3.05) is 6.54 Å². The predicted molar refractivity (Wildman–Crippen MR) is 124 cm³/mol. The zero-order valence-corrected chi connectivity index (χ0v) is 18.0. The summed E-state index contributed by atoms with van der Waals surface area (Å²) in [4.78, 5) is 2.59. The smallest absolute Gasteiger partial charge is 0.0976 e. The molecule has 0 unspecified atom stereocenters. The fraction of sp³-hybridized carbons (Fsp3) is 0.357. The molecule has 3 aromatic carbocycles. The molecule has 1 heterocycles. The first-order chi connectivity index (χ1) is 14.8. The third kappa shape index (κ3) is 3.82. The van der Waals surface area contributed by atoms with Crippen LogP contribution in [0.5, 0.6) is 0 Å². The molecule has 0 aliphatic carbocycles. The van der Waals surface area contributed by atoms with Crippen molar-refractivity contribution in [3.05, 3.63) is 108 Å². The van der Waals surface area contributed by atoms with Gasteiger partial charge in [-0.3, -0.25) is 4.90 Å². The second-order valence-corrected chi connectivity index (χ2v) is 8.42. The van der Waals surface area contributed by atoms with Gasteiger partial charge in [-0.05, 0) is 36.0 Å². The van der Waals surface area contributed by atoms with Crippen LogP contribution in [0.2, 0.25) is 0 Å². The lowest BCUT2D eigenvalue weighted by atomic mass is 9.75. The van der Waals surface area contributed by atoms with E-state index >= 15 is 0 Å². The number of hydrogen-bond acceptors (Lipinski definition) is 2. The van der Waals surface area contributed by atoms with Crippen LogP contribution in [0.3, 0.4) is 0 Å². The van der Waals surface area contributed by atoms with Crippen LogP contribution < -0.4 is 0 Å². The molecule has 2 atom stereocenters. The number of likely N-dealkylation sites (tertiary alicyclic amines) is 1. The van der Waals surface area contributed by atoms with Crippen LogP contribution in [-0.2, 0) is 5.54 Å². The number of aliphatic hydroxyl groups is 1. The highest BCUT2D eigenvalue weighted by atomic mass is 16.3. The van der Waals surface area contributed by atoms with Crippen LogP contribution >= 0.6 is 0 Å². The fourth-order valence-electron chi connectivity index (χ4n) is 5.25. The molecule has 0 saturated carbocycles. The van der Waals surface area contributed by atoms with E-state index in [-0.39, 0.29) is 12.1 Å². The van der Waals surface area contributed by atoms with Gasteiger partial charge in [0.1, 0.15) is 0 Å². The number of aliphatic hydroxyl groups excluding tert-OH is 1. The van der Waals surface area contributed by atoms with Gasteiger partial charge in [0.05, 0.1) is 11.6 Å². The molecule has 0 radical (unpaired) electrons. The van der Waals surface area contributed by atoms with Crippen molar-refractivity contribution >= 4 is 0 Å². The molecule has 0 spiro atoms. The van der Waals surface area contributed by atoms with Crippen LogP contribution in [0.4, 0.5) is 0 Å². The lowest BCUT2D eigenvalue weighted by molar-refractivity contribution is 0.0278. The number of hydrogen-bond donors (Lipinski definition) is 1. The topological polar surface area (TPSA) is 23.5 Å². The van der Waals surface area contributed by atoms with E-state index in [0.717, 1.165) is 38.6 Å². The normalized spacial score (nSPS) is 18.4. The summed E-state index contributed by atoms with van der Waals surface area (Å²) in [6.07, 6.45) is 4.90. The Bertz CT molecular complexity index is 797. The molecule has 156 valence electrons. The first-order valence-electron chi connectivity index (χ1n) is 11.4. The Balaban J connectivity index is 1.93. The first-order valence-corrected chi connectivity index (χ1v) is 11.4. The van der Waals surface area contributed by atoms with Gasteiger partial charge in [0.2, 0.25) is 0 Å². The van der Waals surface area contributed by atoms with E-state index in [1.807, 2.05) is 0 Å². The van der Waals surface area contributed by atoms with Gasteiger partial charge in [-0.15, -0.1) is 0 Å². The molecule has 4 rings (SSSR count). The molecule has 3 aromatic rings. The molecule has 1 aliphatic rings. The molecule has 1 saturated heterocycles. The standard InChI is InChI=1S/C28H33NO/c1-2-3-21-27(30)26-20-13-22-29(26)28(23-14-7-4-8-15-23,24-16-9-5-10-17-24)25-18-11-6-12-19-25/h4-12,14-19,26-27,30H,2-3,13,20-22H2,1H3/t26-,27+/m0/s1. The van der Waals surface area contributed by atoms with Gasteiger partial charge in [0.15, 0.2) is 0 Å². The summed E-state index contributed by atoms with van der Waals surface area (Å²) in [5.74, 6) is 0. The molecule has 1 N–H and O–H groups in total. The van der Waals surface area contributed by atoms with Crippen LogP contribution in [0, 0.1) is 0 Å². The maximum Gasteiger partial charge on any atom is 0.0976 e. The van der Waals surface area contributed by atoms with Gasteiger partial charge >= 0.3 is 0 Å². The molecule has 1 fully saturated rings. The minimum atomic E-state index is -0.419. The minimum Gasteiger partial charge on any atom is -0.391 e. The number of unbranched alkanes of at least 4 members (excludes halogenated alkanes) is 1. The van der Waals surface area contributed by atoms with Crippen molar-refractivity contribution in [3.63, 3.8) is 0 Å². The molecule has 2 nitrogen and oxygen atoms in total. The number of nitrogens with zero attached hydrogens (tertiary/aromatic N) is 1. The van der Waals surface area contributed by atoms with Gasteiger partial charge in [0.25, 0.3) is 0 Å². The maximum absolute atomic E-state index is 11.2. The van der Waals surface area contributed by atoms with Gasteiger partial charge in [-0.1, -0.05) is 111 Å². The zero-order chi connectivity index (χ0) is 20.8. The van der Waals surface area contributed by atoms with Crippen molar-refractivity contribution < 1.29 is 5.11 Å². The Morgan fingerprint density at radius 3 is 1.73 bits per heavy atom. The quantitative estimate of drug-likeness (QED) is 0.470. The van der Waals surface area contributed by atoms with Crippen molar-refractivity contribution in [1.82, 2.24) is 4.90 Å². The lowest BCUT2D eigenvalue weighted by Crippen LogP contribution is -2.53. The minimum absolute atomic E-state index is 0.150. The van der Waals surface area contributed by atoms with Gasteiger partial charge in [-0.2, -0.15) is 0 Å². The highest BCUT2D eigenvalue weighted by Gasteiger charge is 2.48. The van der Waals surface area contributed by atoms with E-state index in [9.17, 15) is 5.11 Å². The highest BCUT2D eigenvalue weighted by molar-refractivity contribution is 5.50. The van der Waals surface area contributed by atoms with Crippen molar-refractivity contribution in [2.24, 2.45) is 0 Å². The van der Waals surface area contributed by atoms with Crippen molar-refractivity contribution in [3.8, 4) is 0 Å². The maximum atomic E-state index is 11.2. The molecule has 1 aliphatic heterocycles. The largest absolute Gasteiger partial charge is 0.391 e. The molecular weight excluding hydrogens is 366 g/mol. The zero-order valence-electron chi connectivity index (χ0n) is 18.0. The third-order valence-corrected chi connectivity index (χ3v) is 6.60. The first kappa shape index (κ1) is 20.8. The average molecular weight is 400 g/mol. The Morgan fingerprint density at radius 1 is 0.833 bits per heavy atom. The van der Waals surface area contributed by atoms with E-state index in [4.69, 9.17) is 0 Å². The third-order valence-electron chi connectivity index (χ3n) is 6.60. The molecule has 0 aromatic heterocycles. The predicted octanol–water partition coefficient (Wildman–Crippen LogP) is 5.99. The highest BCUT2D eigenvalue weighted by Crippen LogP contribution is 2.46. The summed E-state index contributed by atoms with van der Waals surface area (Å²) in [5, 5.41) is 11.2. The Labute approximate surface area is 181 Å². The summed E-state index contributed by atoms with van der Waals surface area (Å²) in [6, 6.07) is 32.7. The Hall–Kier alpha value is -2.42. The summed E-state index contributed by atoms with van der Waals surface area (Å²) in [6.45, 7) is 3.17. The molecule has 0 amide bonds. The molecular formula is C28H33NO. The summed E-state index contributed by atoms with van der Waals surface area (Å²) in [5.41, 5.74) is 3.36. The fourth-order valence-corrected chi connectivity index (χ4v) is 5.25. The van der Waals surface area contributed by atoms with E-state index in [1.54, 1.807) is 0 Å². The Kier molecular flexibility index (Phi) is 6.66. The van der Waals surface area contributed by atoms with Crippen LogP contribution in [0.25, 0.3) is 0 Å². The molecule has 30 heavy (non-hydrogen) atoms. The Morgan fingerprint density at radius 2 is 1.30 bits per heavy atom. The van der Waals surface area contributed by atoms with Gasteiger partial charge < -0.3 is 5.11 Å². The van der Waals surface area contributed by atoms with Crippen molar-refractivity contribution in [2.45, 2.75) is 56.7 Å². The lowest BCUT2D eigenvalue weighted by Gasteiger charge is -2.47. The van der Waals surface area contributed by atoms with Crippen LogP contribution in [0.1, 0.15) is 55.7 Å². The second-order valence-electron chi connectivity index (χ2n) is 8.42. The van der Waals surface area contributed by atoms with Crippen LogP contribution in [-0.4, -0.2) is 28.7 Å². The SMILES string of the molecule is CCCC[C@@H](O)[C@@H]1CCCN1C(c1ccccc1)(c1ccccc1)c1ccccc1. The van der Waals surface area contributed by atoms with Crippen LogP contribution in [0.15, 0.2) is 91.0 Å². The second kappa shape index (κ2) is 9.59. The van der Waals surface area contributed by atoms with E-state index in [1.165, 1.54) is 16.7 Å². The molecule has 2 heteroatoms. The summed E-state index contributed by atoms with van der Waals surface area (Å²) in [7, 11) is 0. The summed E-state index contributed by atoms with van der Waals surface area (Å²) >= 11 is 0. The average Bonchev–Trinajstić information content (AvgIpc) is 3.30. The van der Waals surface area contributed by atoms with E-state index < -0.39 is 5.54 Å². The number of rotatable bonds is 8. The monoisotopic (exact) mass is 399 g/mol. The van der Waals surface area contributed by atoms with Gasteiger partial charge in [-0.25, -0.2) is 0 Å². The summed E-state index contributed by atoms with van der Waals surface area (Å²) < 4.78 is 0. The number of benzene rings is 3. The van der Waals surface area contributed by atoms with Gasteiger partial charge in [0, 0.05) is 12.6 Å².